The van der Waals surface area contributed by atoms with Crippen molar-refractivity contribution in [1.29, 1.82) is 0 Å². The fraction of sp³-hybridized carbons (Fsp3) is 0.500. The number of carbonyl (C=O) groups excluding carboxylic acids is 1. The predicted molar refractivity (Wildman–Crippen MR) is 86.1 cm³/mol. The fourth-order valence-corrected chi connectivity index (χ4v) is 4.17. The molecule has 3 N–H and O–H groups in total. The molecule has 2 rings (SSSR count). The average molecular weight is 390 g/mol. The number of hydrogen-bond acceptors (Lipinski definition) is 2. The van der Waals surface area contributed by atoms with Gasteiger partial charge < -0.3 is 11.1 Å². The minimum absolute atomic E-state index is 0.124. The minimum Gasteiger partial charge on any atom is -0.399 e. The second-order valence-corrected chi connectivity index (χ2v) is 6.86. The summed E-state index contributed by atoms with van der Waals surface area (Å²) in [4.78, 5) is 12.6. The summed E-state index contributed by atoms with van der Waals surface area (Å²) in [7, 11) is 0. The van der Waals surface area contributed by atoms with Crippen molar-refractivity contribution in [1.82, 2.24) is 0 Å². The van der Waals surface area contributed by atoms with Crippen LogP contribution in [0.3, 0.4) is 0 Å². The van der Waals surface area contributed by atoms with Gasteiger partial charge in [0, 0.05) is 20.0 Å². The van der Waals surface area contributed by atoms with Gasteiger partial charge in [-0.3, -0.25) is 4.79 Å². The second kappa shape index (κ2) is 5.83. The first-order chi connectivity index (χ1) is 8.98. The number of carbonyl (C=O) groups is 1. The molecule has 0 aliphatic heterocycles. The van der Waals surface area contributed by atoms with E-state index in [-0.39, 0.29) is 11.3 Å². The highest BCUT2D eigenvalue weighted by molar-refractivity contribution is 9.11. The standard InChI is InChI=1S/C14H18Br2N2O/c1-2-14(5-3-4-6-14)13(19)18-12-10(15)7-9(17)8-11(12)16/h7-8H,2-6,17H2,1H3,(H,18,19). The zero-order chi connectivity index (χ0) is 14.0. The Balaban J connectivity index is 2.24. The van der Waals surface area contributed by atoms with Gasteiger partial charge in [0.1, 0.15) is 0 Å². The molecule has 0 bridgehead atoms. The van der Waals surface area contributed by atoms with Crippen LogP contribution in [0, 0.1) is 5.41 Å². The van der Waals surface area contributed by atoms with E-state index < -0.39 is 0 Å². The molecular formula is C14H18Br2N2O. The molecule has 1 fully saturated rings. The summed E-state index contributed by atoms with van der Waals surface area (Å²) in [6, 6.07) is 3.60. The van der Waals surface area contributed by atoms with Crippen LogP contribution in [-0.4, -0.2) is 5.91 Å². The van der Waals surface area contributed by atoms with Crippen molar-refractivity contribution in [3.63, 3.8) is 0 Å². The summed E-state index contributed by atoms with van der Waals surface area (Å²) in [5.41, 5.74) is 6.98. The highest BCUT2D eigenvalue weighted by Crippen LogP contribution is 2.43. The van der Waals surface area contributed by atoms with Crippen molar-refractivity contribution < 1.29 is 4.79 Å². The minimum atomic E-state index is -0.194. The summed E-state index contributed by atoms with van der Waals surface area (Å²) in [5.74, 6) is 0.124. The Morgan fingerprint density at radius 3 is 2.32 bits per heavy atom. The van der Waals surface area contributed by atoms with E-state index in [1.165, 1.54) is 0 Å². The Morgan fingerprint density at radius 2 is 1.84 bits per heavy atom. The van der Waals surface area contributed by atoms with E-state index in [4.69, 9.17) is 5.73 Å². The lowest BCUT2D eigenvalue weighted by atomic mass is 9.82. The normalized spacial score (nSPS) is 17.4. The smallest absolute Gasteiger partial charge is 0.230 e. The van der Waals surface area contributed by atoms with Crippen molar-refractivity contribution in [3.05, 3.63) is 21.1 Å². The summed E-state index contributed by atoms with van der Waals surface area (Å²) in [6.45, 7) is 2.10. The van der Waals surface area contributed by atoms with Crippen LogP contribution in [0.25, 0.3) is 0 Å². The molecule has 1 aromatic carbocycles. The van der Waals surface area contributed by atoms with Crippen LogP contribution in [0.1, 0.15) is 39.0 Å². The first-order valence-electron chi connectivity index (χ1n) is 6.54. The zero-order valence-electron chi connectivity index (χ0n) is 10.9. The summed E-state index contributed by atoms with van der Waals surface area (Å²) in [5, 5.41) is 3.05. The predicted octanol–water partition coefficient (Wildman–Crippen LogP) is 4.70. The van der Waals surface area contributed by atoms with E-state index in [0.29, 0.717) is 5.69 Å². The van der Waals surface area contributed by atoms with E-state index in [1.54, 1.807) is 12.1 Å². The molecule has 0 unspecified atom stereocenters. The molecule has 1 saturated carbocycles. The molecule has 0 atom stereocenters. The quantitative estimate of drug-likeness (QED) is 0.736. The van der Waals surface area contributed by atoms with Gasteiger partial charge in [0.05, 0.1) is 5.69 Å². The van der Waals surface area contributed by atoms with Crippen LogP contribution in [0.5, 0.6) is 0 Å². The summed E-state index contributed by atoms with van der Waals surface area (Å²) in [6.07, 6.45) is 5.15. The summed E-state index contributed by atoms with van der Waals surface area (Å²) < 4.78 is 1.61. The Bertz CT molecular complexity index is 473. The highest BCUT2D eigenvalue weighted by atomic mass is 79.9. The number of nitrogen functional groups attached to an aromatic ring is 1. The van der Waals surface area contributed by atoms with Gasteiger partial charge >= 0.3 is 0 Å². The lowest BCUT2D eigenvalue weighted by molar-refractivity contribution is -0.125. The lowest BCUT2D eigenvalue weighted by Crippen LogP contribution is -2.33. The topological polar surface area (TPSA) is 55.1 Å². The number of hydrogen-bond donors (Lipinski definition) is 2. The number of halogens is 2. The average Bonchev–Trinajstić information content (AvgIpc) is 2.83. The number of rotatable bonds is 3. The molecule has 0 radical (unpaired) electrons. The van der Waals surface area contributed by atoms with Crippen LogP contribution < -0.4 is 11.1 Å². The second-order valence-electron chi connectivity index (χ2n) is 5.15. The van der Waals surface area contributed by atoms with E-state index in [0.717, 1.165) is 46.7 Å². The summed E-state index contributed by atoms with van der Waals surface area (Å²) >= 11 is 6.90. The van der Waals surface area contributed by atoms with Gasteiger partial charge in [-0.1, -0.05) is 19.8 Å². The molecule has 104 valence electrons. The molecule has 0 heterocycles. The molecule has 19 heavy (non-hydrogen) atoms. The Hall–Kier alpha value is -0.550. The number of benzene rings is 1. The maximum Gasteiger partial charge on any atom is 0.230 e. The van der Waals surface area contributed by atoms with E-state index in [2.05, 4.69) is 44.1 Å². The first kappa shape index (κ1) is 14.9. The first-order valence-corrected chi connectivity index (χ1v) is 8.13. The maximum atomic E-state index is 12.6. The van der Waals surface area contributed by atoms with Crippen molar-refractivity contribution in [2.45, 2.75) is 39.0 Å². The van der Waals surface area contributed by atoms with Gasteiger partial charge in [0.25, 0.3) is 0 Å². The van der Waals surface area contributed by atoms with Crippen LogP contribution >= 0.6 is 31.9 Å². The van der Waals surface area contributed by atoms with E-state index in [9.17, 15) is 4.79 Å². The Kier molecular flexibility index (Phi) is 4.56. The number of anilines is 2. The molecule has 3 nitrogen and oxygen atoms in total. The van der Waals surface area contributed by atoms with Crippen LogP contribution in [0.15, 0.2) is 21.1 Å². The Morgan fingerprint density at radius 1 is 1.32 bits per heavy atom. The zero-order valence-corrected chi connectivity index (χ0v) is 14.1. The third-order valence-corrected chi connectivity index (χ3v) is 5.27. The number of nitrogens with two attached hydrogens (primary N) is 1. The third-order valence-electron chi connectivity index (χ3n) is 4.02. The third kappa shape index (κ3) is 2.97. The molecule has 1 amide bonds. The Labute approximate surface area is 130 Å². The van der Waals surface area contributed by atoms with Crippen molar-refractivity contribution in [2.24, 2.45) is 5.41 Å². The van der Waals surface area contributed by atoms with Gasteiger partial charge in [-0.2, -0.15) is 0 Å². The van der Waals surface area contributed by atoms with Crippen LogP contribution in [0.4, 0.5) is 11.4 Å². The number of nitrogens with one attached hydrogen (secondary N) is 1. The van der Waals surface area contributed by atoms with Crippen molar-refractivity contribution in [2.75, 3.05) is 11.1 Å². The van der Waals surface area contributed by atoms with Crippen LogP contribution in [0.2, 0.25) is 0 Å². The van der Waals surface area contributed by atoms with Gasteiger partial charge in [-0.25, -0.2) is 0 Å². The molecular weight excluding hydrogens is 372 g/mol. The highest BCUT2D eigenvalue weighted by Gasteiger charge is 2.39. The van der Waals surface area contributed by atoms with Gasteiger partial charge in [0.2, 0.25) is 5.91 Å². The van der Waals surface area contributed by atoms with Gasteiger partial charge in [-0.15, -0.1) is 0 Å². The van der Waals surface area contributed by atoms with Crippen LogP contribution in [-0.2, 0) is 4.79 Å². The van der Waals surface area contributed by atoms with Crippen molar-refractivity contribution >= 4 is 49.1 Å². The molecule has 5 heteroatoms. The largest absolute Gasteiger partial charge is 0.399 e. The van der Waals surface area contributed by atoms with Crippen molar-refractivity contribution in [3.8, 4) is 0 Å². The monoisotopic (exact) mass is 388 g/mol. The SMILES string of the molecule is CCC1(C(=O)Nc2c(Br)cc(N)cc2Br)CCCC1. The molecule has 1 aliphatic carbocycles. The maximum absolute atomic E-state index is 12.6. The molecule has 0 aromatic heterocycles. The van der Waals surface area contributed by atoms with Gasteiger partial charge in [-0.05, 0) is 63.3 Å². The van der Waals surface area contributed by atoms with Gasteiger partial charge in [0.15, 0.2) is 0 Å². The lowest BCUT2D eigenvalue weighted by Gasteiger charge is -2.26. The molecule has 1 aliphatic rings. The van der Waals surface area contributed by atoms with E-state index in [1.807, 2.05) is 0 Å². The molecule has 1 aromatic rings. The molecule has 0 spiro atoms. The number of amides is 1. The van der Waals surface area contributed by atoms with E-state index >= 15 is 0 Å². The fourth-order valence-electron chi connectivity index (χ4n) is 2.75. The molecule has 0 saturated heterocycles.